The number of likely N-dealkylation sites (tertiary alicyclic amines) is 1. The van der Waals surface area contributed by atoms with Gasteiger partial charge < -0.3 is 9.38 Å². The van der Waals surface area contributed by atoms with Crippen LogP contribution in [0.1, 0.15) is 54.1 Å². The van der Waals surface area contributed by atoms with Gasteiger partial charge in [0.1, 0.15) is 5.82 Å². The molecule has 0 aromatic heterocycles. The number of fused-ring (bicyclic) bond motifs is 3. The predicted molar refractivity (Wildman–Crippen MR) is 116 cm³/mol. The van der Waals surface area contributed by atoms with Gasteiger partial charge in [0.2, 0.25) is 0 Å². The average Bonchev–Trinajstić information content (AvgIpc) is 2.99. The second-order valence-corrected chi connectivity index (χ2v) is 9.64. The minimum atomic E-state index is -0.312. The van der Waals surface area contributed by atoms with E-state index < -0.39 is 0 Å². The molecule has 3 atom stereocenters. The summed E-state index contributed by atoms with van der Waals surface area (Å²) in [4.78, 5) is 15.4. The van der Waals surface area contributed by atoms with E-state index in [-0.39, 0.29) is 17.8 Å². The number of halogens is 1. The molecule has 2 aromatic rings. The lowest BCUT2D eigenvalue weighted by Gasteiger charge is -2.44. The summed E-state index contributed by atoms with van der Waals surface area (Å²) in [5, 5.41) is 0. The smallest absolute Gasteiger partial charge is 0.258 e. The molecule has 0 spiro atoms. The van der Waals surface area contributed by atoms with Crippen LogP contribution in [0.4, 0.5) is 10.1 Å². The molecular formula is C25H32FN2O+. The molecule has 2 aliphatic heterocycles. The molecule has 154 valence electrons. The van der Waals surface area contributed by atoms with Crippen molar-refractivity contribution in [2.45, 2.75) is 45.6 Å². The van der Waals surface area contributed by atoms with E-state index in [1.54, 1.807) is 12.1 Å². The molecule has 1 saturated heterocycles. The van der Waals surface area contributed by atoms with Gasteiger partial charge in [-0.2, -0.15) is 0 Å². The predicted octanol–water partition coefficient (Wildman–Crippen LogP) is 5.14. The molecule has 4 rings (SSSR count). The van der Waals surface area contributed by atoms with Gasteiger partial charge in [-0.05, 0) is 55.2 Å². The summed E-state index contributed by atoms with van der Waals surface area (Å²) in [5.74, 6) is 0.742. The van der Waals surface area contributed by atoms with E-state index in [1.165, 1.54) is 36.2 Å². The fourth-order valence-electron chi connectivity index (χ4n) is 5.08. The third-order valence-electron chi connectivity index (χ3n) is 6.80. The minimum absolute atomic E-state index is 0.0131. The number of hydrogen-bond acceptors (Lipinski definition) is 1. The summed E-state index contributed by atoms with van der Waals surface area (Å²) in [5.41, 5.74) is 4.14. The number of carbonyl (C=O) groups is 1. The molecule has 0 radical (unpaired) electrons. The van der Waals surface area contributed by atoms with Gasteiger partial charge in [0.05, 0.1) is 38.6 Å². The summed E-state index contributed by atoms with van der Waals surface area (Å²) in [6.07, 6.45) is 2.23. The Kier molecular flexibility index (Phi) is 5.24. The molecular weight excluding hydrogens is 363 g/mol. The quantitative estimate of drug-likeness (QED) is 0.656. The van der Waals surface area contributed by atoms with Crippen molar-refractivity contribution in [1.29, 1.82) is 0 Å². The Bertz CT molecular complexity index is 908. The molecule has 2 aromatic carbocycles. The van der Waals surface area contributed by atoms with Crippen molar-refractivity contribution in [1.82, 2.24) is 0 Å². The highest BCUT2D eigenvalue weighted by molar-refractivity contribution is 6.08. The highest BCUT2D eigenvalue weighted by Crippen LogP contribution is 2.47. The first kappa shape index (κ1) is 20.1. The van der Waals surface area contributed by atoms with Gasteiger partial charge in [-0.25, -0.2) is 4.39 Å². The number of benzene rings is 2. The van der Waals surface area contributed by atoms with Gasteiger partial charge >= 0.3 is 0 Å². The zero-order chi connectivity index (χ0) is 20.8. The Hall–Kier alpha value is -2.20. The van der Waals surface area contributed by atoms with Gasteiger partial charge in [-0.1, -0.05) is 31.5 Å². The summed E-state index contributed by atoms with van der Waals surface area (Å²) >= 11 is 0. The normalized spacial score (nSPS) is 25.8. The minimum Gasteiger partial charge on any atom is -0.325 e. The van der Waals surface area contributed by atoms with E-state index >= 15 is 0 Å². The van der Waals surface area contributed by atoms with Crippen LogP contribution in [-0.4, -0.2) is 43.1 Å². The van der Waals surface area contributed by atoms with Crippen molar-refractivity contribution in [3.05, 3.63) is 65.0 Å². The number of rotatable bonds is 4. The standard InChI is InChI=1S/C25H32FN2O/c1-17(2)11-13-28(4)14-12-24-22(16-28)21-15-18(3)5-10-23(21)27(24)25(29)19-6-8-20(26)9-7-19/h5-10,15,17,22,24H,11-14,16H2,1-4H3/q+1/t22-,24-,28?/m0/s1. The van der Waals surface area contributed by atoms with Crippen LogP contribution < -0.4 is 4.90 Å². The van der Waals surface area contributed by atoms with Crippen LogP contribution in [0.2, 0.25) is 0 Å². The van der Waals surface area contributed by atoms with E-state index in [2.05, 4.69) is 46.0 Å². The highest BCUT2D eigenvalue weighted by Gasteiger charge is 2.48. The molecule has 0 saturated carbocycles. The molecule has 3 nitrogen and oxygen atoms in total. The Morgan fingerprint density at radius 3 is 2.62 bits per heavy atom. The van der Waals surface area contributed by atoms with Crippen molar-refractivity contribution >= 4 is 11.6 Å². The van der Waals surface area contributed by atoms with Crippen LogP contribution in [0.3, 0.4) is 0 Å². The molecule has 0 bridgehead atoms. The third-order valence-corrected chi connectivity index (χ3v) is 6.80. The van der Waals surface area contributed by atoms with Crippen LogP contribution in [0.25, 0.3) is 0 Å². The number of likely N-dealkylation sites (N-methyl/N-ethyl adjacent to an activating group) is 1. The van der Waals surface area contributed by atoms with E-state index in [1.807, 2.05) is 4.90 Å². The maximum absolute atomic E-state index is 13.4. The first-order valence-electron chi connectivity index (χ1n) is 10.8. The van der Waals surface area contributed by atoms with E-state index in [4.69, 9.17) is 0 Å². The van der Waals surface area contributed by atoms with E-state index in [0.717, 1.165) is 29.7 Å². The molecule has 29 heavy (non-hydrogen) atoms. The lowest BCUT2D eigenvalue weighted by atomic mass is 9.86. The second kappa shape index (κ2) is 7.56. The molecule has 4 heteroatoms. The number of piperidine rings is 1. The third kappa shape index (κ3) is 3.83. The Morgan fingerprint density at radius 1 is 1.21 bits per heavy atom. The van der Waals surface area contributed by atoms with E-state index in [9.17, 15) is 9.18 Å². The fraction of sp³-hybridized carbons (Fsp3) is 0.480. The molecule has 1 unspecified atom stereocenters. The molecule has 2 aliphatic rings. The topological polar surface area (TPSA) is 20.3 Å². The molecule has 1 amide bonds. The molecule has 1 fully saturated rings. The SMILES string of the molecule is Cc1ccc2c(c1)[C@@H]1C[N+](C)(CCC(C)C)CC[C@@H]1N2C(=O)c1ccc(F)cc1. The number of amides is 1. The van der Waals surface area contributed by atoms with E-state index in [0.29, 0.717) is 17.4 Å². The van der Waals surface area contributed by atoms with Crippen LogP contribution >= 0.6 is 0 Å². The van der Waals surface area contributed by atoms with Crippen molar-refractivity contribution in [3.8, 4) is 0 Å². The van der Waals surface area contributed by atoms with Crippen molar-refractivity contribution in [2.75, 3.05) is 31.6 Å². The number of aryl methyl sites for hydroxylation is 1. The fourth-order valence-corrected chi connectivity index (χ4v) is 5.08. The van der Waals surface area contributed by atoms with Crippen LogP contribution in [0.5, 0.6) is 0 Å². The van der Waals surface area contributed by atoms with Crippen LogP contribution in [-0.2, 0) is 0 Å². The van der Waals surface area contributed by atoms with Gasteiger partial charge in [0.25, 0.3) is 5.91 Å². The average molecular weight is 396 g/mol. The summed E-state index contributed by atoms with van der Waals surface area (Å²) in [7, 11) is 2.37. The van der Waals surface area contributed by atoms with Gasteiger partial charge in [-0.15, -0.1) is 0 Å². The first-order valence-corrected chi connectivity index (χ1v) is 10.8. The first-order chi connectivity index (χ1) is 13.8. The van der Waals surface area contributed by atoms with Gasteiger partial charge in [0, 0.05) is 17.7 Å². The summed E-state index contributed by atoms with van der Waals surface area (Å²) in [6.45, 7) is 10.0. The number of quaternary nitrogens is 1. The summed E-state index contributed by atoms with van der Waals surface area (Å²) < 4.78 is 14.4. The monoisotopic (exact) mass is 395 g/mol. The second-order valence-electron chi connectivity index (χ2n) is 9.64. The van der Waals surface area contributed by atoms with Gasteiger partial charge in [-0.3, -0.25) is 4.79 Å². The number of anilines is 1. The lowest BCUT2D eigenvalue weighted by Crippen LogP contribution is -2.57. The summed E-state index contributed by atoms with van der Waals surface area (Å²) in [6, 6.07) is 12.6. The highest BCUT2D eigenvalue weighted by atomic mass is 19.1. The van der Waals surface area contributed by atoms with Crippen molar-refractivity contribution in [3.63, 3.8) is 0 Å². The lowest BCUT2D eigenvalue weighted by molar-refractivity contribution is -0.916. The Labute approximate surface area is 173 Å². The largest absolute Gasteiger partial charge is 0.325 e. The zero-order valence-corrected chi connectivity index (χ0v) is 18.0. The van der Waals surface area contributed by atoms with Crippen molar-refractivity contribution < 1.29 is 13.7 Å². The van der Waals surface area contributed by atoms with Crippen LogP contribution in [0.15, 0.2) is 42.5 Å². The molecule has 0 aliphatic carbocycles. The van der Waals surface area contributed by atoms with Crippen LogP contribution in [0, 0.1) is 18.7 Å². The maximum Gasteiger partial charge on any atom is 0.258 e. The number of hydrogen-bond donors (Lipinski definition) is 0. The molecule has 0 N–H and O–H groups in total. The van der Waals surface area contributed by atoms with Gasteiger partial charge in [0.15, 0.2) is 0 Å². The zero-order valence-electron chi connectivity index (χ0n) is 18.0. The Morgan fingerprint density at radius 2 is 1.93 bits per heavy atom. The van der Waals surface area contributed by atoms with Crippen molar-refractivity contribution in [2.24, 2.45) is 5.92 Å². The maximum atomic E-state index is 13.4. The number of nitrogens with zero attached hydrogens (tertiary/aromatic N) is 2. The number of carbonyl (C=O) groups excluding carboxylic acids is 1. The molecule has 2 heterocycles. The Balaban J connectivity index is 1.67.